The molecule has 0 aliphatic rings. The summed E-state index contributed by atoms with van der Waals surface area (Å²) in [6.07, 6.45) is 0.391. The number of amidine groups is 1. The Kier molecular flexibility index (Phi) is 3.91. The Balaban J connectivity index is 2.74. The SMILES string of the molecule is CC(C)Oc1cccc(C/C(N)=N/O)n1. The van der Waals surface area contributed by atoms with Gasteiger partial charge in [-0.3, -0.25) is 0 Å². The minimum absolute atomic E-state index is 0.0802. The average Bonchev–Trinajstić information content (AvgIpc) is 2.17. The van der Waals surface area contributed by atoms with E-state index in [0.29, 0.717) is 18.0 Å². The third-order valence-electron chi connectivity index (χ3n) is 1.63. The number of hydrogen-bond acceptors (Lipinski definition) is 4. The van der Waals surface area contributed by atoms with Crippen LogP contribution in [0, 0.1) is 0 Å². The van der Waals surface area contributed by atoms with Crippen molar-refractivity contribution in [1.29, 1.82) is 0 Å². The van der Waals surface area contributed by atoms with Crippen molar-refractivity contribution in [3.63, 3.8) is 0 Å². The molecule has 0 atom stereocenters. The molecule has 0 saturated heterocycles. The molecular weight excluding hydrogens is 194 g/mol. The Morgan fingerprint density at radius 1 is 1.60 bits per heavy atom. The molecule has 1 aromatic rings. The van der Waals surface area contributed by atoms with Crippen molar-refractivity contribution in [2.24, 2.45) is 10.9 Å². The molecule has 1 rings (SSSR count). The predicted molar refractivity (Wildman–Crippen MR) is 57.1 cm³/mol. The molecule has 1 heterocycles. The second-order valence-electron chi connectivity index (χ2n) is 3.40. The number of rotatable bonds is 4. The van der Waals surface area contributed by atoms with Gasteiger partial charge in [-0.1, -0.05) is 11.2 Å². The van der Waals surface area contributed by atoms with Crippen LogP contribution in [0.15, 0.2) is 23.4 Å². The highest BCUT2D eigenvalue weighted by Gasteiger charge is 2.02. The summed E-state index contributed by atoms with van der Waals surface area (Å²) in [5, 5.41) is 11.3. The van der Waals surface area contributed by atoms with Crippen LogP contribution in [0.3, 0.4) is 0 Å². The van der Waals surface area contributed by atoms with Crippen LogP contribution in [-0.4, -0.2) is 22.1 Å². The topological polar surface area (TPSA) is 80.7 Å². The zero-order valence-electron chi connectivity index (χ0n) is 8.84. The zero-order chi connectivity index (χ0) is 11.3. The molecule has 0 aliphatic carbocycles. The fourth-order valence-corrected chi connectivity index (χ4v) is 1.08. The lowest BCUT2D eigenvalue weighted by Gasteiger charge is -2.09. The molecule has 0 aliphatic heterocycles. The van der Waals surface area contributed by atoms with Crippen molar-refractivity contribution < 1.29 is 9.94 Å². The lowest BCUT2D eigenvalue weighted by molar-refractivity contribution is 0.232. The molecule has 0 bridgehead atoms. The minimum atomic E-state index is 0.0802. The molecule has 1 aromatic heterocycles. The first kappa shape index (κ1) is 11.3. The molecule has 0 amide bonds. The van der Waals surface area contributed by atoms with Gasteiger partial charge < -0.3 is 15.7 Å². The first-order valence-corrected chi connectivity index (χ1v) is 4.71. The second-order valence-corrected chi connectivity index (χ2v) is 3.40. The van der Waals surface area contributed by atoms with Crippen molar-refractivity contribution in [2.75, 3.05) is 0 Å². The summed E-state index contributed by atoms with van der Waals surface area (Å²) >= 11 is 0. The number of pyridine rings is 1. The molecule has 0 spiro atoms. The molecular formula is C10H15N3O2. The summed E-state index contributed by atoms with van der Waals surface area (Å²) in [5.41, 5.74) is 6.09. The van der Waals surface area contributed by atoms with E-state index >= 15 is 0 Å². The Morgan fingerprint density at radius 3 is 2.93 bits per heavy atom. The van der Waals surface area contributed by atoms with Crippen LogP contribution in [0.5, 0.6) is 5.88 Å². The number of nitrogens with zero attached hydrogens (tertiary/aromatic N) is 2. The quantitative estimate of drug-likeness (QED) is 0.337. The molecule has 82 valence electrons. The van der Waals surface area contributed by atoms with Gasteiger partial charge in [0.05, 0.1) is 18.2 Å². The van der Waals surface area contributed by atoms with E-state index in [4.69, 9.17) is 15.7 Å². The van der Waals surface area contributed by atoms with E-state index in [2.05, 4.69) is 10.1 Å². The standard InChI is InChI=1S/C10H15N3O2/c1-7(2)15-10-5-3-4-8(12-10)6-9(11)13-14/h3-5,7,14H,6H2,1-2H3,(H2,11,13). The fourth-order valence-electron chi connectivity index (χ4n) is 1.08. The van der Waals surface area contributed by atoms with Crippen LogP contribution in [0.4, 0.5) is 0 Å². The van der Waals surface area contributed by atoms with Gasteiger partial charge in [0.2, 0.25) is 5.88 Å². The van der Waals surface area contributed by atoms with Gasteiger partial charge in [0.1, 0.15) is 5.84 Å². The summed E-state index contributed by atoms with van der Waals surface area (Å²) in [4.78, 5) is 4.21. The van der Waals surface area contributed by atoms with E-state index in [1.807, 2.05) is 19.9 Å². The highest BCUT2D eigenvalue weighted by Crippen LogP contribution is 2.09. The van der Waals surface area contributed by atoms with Gasteiger partial charge in [0.15, 0.2) is 0 Å². The summed E-state index contributed by atoms with van der Waals surface area (Å²) in [6, 6.07) is 5.39. The van der Waals surface area contributed by atoms with Gasteiger partial charge in [-0.15, -0.1) is 0 Å². The third kappa shape index (κ3) is 3.84. The molecule has 15 heavy (non-hydrogen) atoms. The van der Waals surface area contributed by atoms with Crippen molar-refractivity contribution in [3.05, 3.63) is 23.9 Å². The molecule has 0 unspecified atom stereocenters. The second kappa shape index (κ2) is 5.19. The van der Waals surface area contributed by atoms with Gasteiger partial charge in [-0.25, -0.2) is 4.98 Å². The molecule has 3 N–H and O–H groups in total. The first-order valence-electron chi connectivity index (χ1n) is 4.71. The van der Waals surface area contributed by atoms with Crippen molar-refractivity contribution in [3.8, 4) is 5.88 Å². The average molecular weight is 209 g/mol. The predicted octanol–water partition coefficient (Wildman–Crippen LogP) is 1.16. The Labute approximate surface area is 88.6 Å². The normalized spacial score (nSPS) is 11.8. The molecule has 5 nitrogen and oxygen atoms in total. The lowest BCUT2D eigenvalue weighted by atomic mass is 10.2. The number of hydrogen-bond donors (Lipinski definition) is 2. The first-order chi connectivity index (χ1) is 7.11. The van der Waals surface area contributed by atoms with E-state index in [-0.39, 0.29) is 11.9 Å². The van der Waals surface area contributed by atoms with Crippen LogP contribution in [0.25, 0.3) is 0 Å². The monoisotopic (exact) mass is 209 g/mol. The van der Waals surface area contributed by atoms with Gasteiger partial charge in [0, 0.05) is 6.07 Å². The van der Waals surface area contributed by atoms with Crippen molar-refractivity contribution in [1.82, 2.24) is 4.98 Å². The smallest absolute Gasteiger partial charge is 0.213 e. The fraction of sp³-hybridized carbons (Fsp3) is 0.400. The molecule has 0 saturated carbocycles. The van der Waals surface area contributed by atoms with Gasteiger partial charge >= 0.3 is 0 Å². The highest BCUT2D eigenvalue weighted by molar-refractivity contribution is 5.81. The third-order valence-corrected chi connectivity index (χ3v) is 1.63. The van der Waals surface area contributed by atoms with Crippen LogP contribution in [-0.2, 0) is 6.42 Å². The Hall–Kier alpha value is -1.78. The van der Waals surface area contributed by atoms with Crippen molar-refractivity contribution >= 4 is 5.84 Å². The molecule has 0 radical (unpaired) electrons. The van der Waals surface area contributed by atoms with Gasteiger partial charge in [0.25, 0.3) is 0 Å². The summed E-state index contributed by atoms with van der Waals surface area (Å²) < 4.78 is 5.42. The lowest BCUT2D eigenvalue weighted by Crippen LogP contribution is -2.16. The van der Waals surface area contributed by atoms with E-state index in [1.165, 1.54) is 0 Å². The molecule has 0 fully saturated rings. The van der Waals surface area contributed by atoms with E-state index in [9.17, 15) is 0 Å². The maximum atomic E-state index is 8.41. The number of oxime groups is 1. The summed E-state index contributed by atoms with van der Waals surface area (Å²) in [7, 11) is 0. The van der Waals surface area contributed by atoms with E-state index < -0.39 is 0 Å². The number of ether oxygens (including phenoxy) is 1. The Bertz CT molecular complexity index is 350. The van der Waals surface area contributed by atoms with Crippen LogP contribution >= 0.6 is 0 Å². The van der Waals surface area contributed by atoms with Crippen LogP contribution in [0.1, 0.15) is 19.5 Å². The van der Waals surface area contributed by atoms with E-state index in [0.717, 1.165) is 0 Å². The highest BCUT2D eigenvalue weighted by atomic mass is 16.5. The summed E-state index contributed by atoms with van der Waals surface area (Å²) in [5.74, 6) is 0.678. The van der Waals surface area contributed by atoms with Crippen LogP contribution < -0.4 is 10.5 Å². The maximum absolute atomic E-state index is 8.41. The molecule has 5 heteroatoms. The Morgan fingerprint density at radius 2 is 2.33 bits per heavy atom. The maximum Gasteiger partial charge on any atom is 0.213 e. The number of nitrogens with two attached hydrogens (primary N) is 1. The number of aromatic nitrogens is 1. The van der Waals surface area contributed by atoms with Gasteiger partial charge in [-0.2, -0.15) is 0 Å². The minimum Gasteiger partial charge on any atom is -0.475 e. The van der Waals surface area contributed by atoms with Crippen molar-refractivity contribution in [2.45, 2.75) is 26.4 Å². The van der Waals surface area contributed by atoms with E-state index in [1.54, 1.807) is 12.1 Å². The van der Waals surface area contributed by atoms with Gasteiger partial charge in [-0.05, 0) is 19.9 Å². The largest absolute Gasteiger partial charge is 0.475 e. The molecule has 0 aromatic carbocycles. The van der Waals surface area contributed by atoms with Crippen LogP contribution in [0.2, 0.25) is 0 Å². The zero-order valence-corrected chi connectivity index (χ0v) is 8.84. The summed E-state index contributed by atoms with van der Waals surface area (Å²) in [6.45, 7) is 3.86.